The molecule has 1 N–H and O–H groups in total. The molecule has 0 aromatic heterocycles. The van der Waals surface area contributed by atoms with Gasteiger partial charge in [0.05, 0.1) is 0 Å². The molecule has 2 heteroatoms. The van der Waals surface area contributed by atoms with Crippen molar-refractivity contribution in [1.29, 1.82) is 0 Å². The van der Waals surface area contributed by atoms with E-state index in [1.165, 1.54) is 6.42 Å². The quantitative estimate of drug-likeness (QED) is 0.415. The van der Waals surface area contributed by atoms with Crippen molar-refractivity contribution in [1.82, 2.24) is 0 Å². The predicted octanol–water partition coefficient (Wildman–Crippen LogP) is 3.78. The van der Waals surface area contributed by atoms with Crippen LogP contribution in [0.5, 0.6) is 0 Å². The first-order chi connectivity index (χ1) is 6.47. The first-order valence-corrected chi connectivity index (χ1v) is 5.48. The normalized spacial score (nSPS) is 28.9. The number of allylic oxidation sites excluding steroid dienone is 1. The fourth-order valence-corrected chi connectivity index (χ4v) is 2.22. The highest BCUT2D eigenvalue weighted by atomic mass is 17.1. The van der Waals surface area contributed by atoms with Gasteiger partial charge in [0.1, 0.15) is 5.60 Å². The number of rotatable bonds is 2. The van der Waals surface area contributed by atoms with Crippen LogP contribution in [0.4, 0.5) is 0 Å². The lowest BCUT2D eigenvalue weighted by molar-refractivity contribution is -0.315. The van der Waals surface area contributed by atoms with E-state index in [2.05, 4.69) is 26.8 Å². The van der Waals surface area contributed by atoms with Gasteiger partial charge < -0.3 is 0 Å². The minimum absolute atomic E-state index is 0.178. The van der Waals surface area contributed by atoms with Gasteiger partial charge in [-0.15, -0.1) is 0 Å². The first kappa shape index (κ1) is 11.7. The van der Waals surface area contributed by atoms with Gasteiger partial charge in [-0.1, -0.05) is 32.9 Å². The van der Waals surface area contributed by atoms with Crippen LogP contribution in [0.2, 0.25) is 0 Å². The van der Waals surface area contributed by atoms with Crippen LogP contribution in [0.1, 0.15) is 52.9 Å². The summed E-state index contributed by atoms with van der Waals surface area (Å²) in [7, 11) is 0. The van der Waals surface area contributed by atoms with Gasteiger partial charge in [-0.05, 0) is 37.5 Å². The van der Waals surface area contributed by atoms with Gasteiger partial charge in [0.2, 0.25) is 0 Å². The third-order valence-corrected chi connectivity index (χ3v) is 2.65. The van der Waals surface area contributed by atoms with Crippen molar-refractivity contribution in [2.24, 2.45) is 5.41 Å². The van der Waals surface area contributed by atoms with Crippen LogP contribution in [0, 0.1) is 5.41 Å². The second kappa shape index (κ2) is 4.45. The van der Waals surface area contributed by atoms with Crippen LogP contribution in [0.15, 0.2) is 12.2 Å². The van der Waals surface area contributed by atoms with E-state index in [1.54, 1.807) is 0 Å². The van der Waals surface area contributed by atoms with Crippen LogP contribution in [-0.4, -0.2) is 10.9 Å². The summed E-state index contributed by atoms with van der Waals surface area (Å²) >= 11 is 0. The Morgan fingerprint density at radius 2 is 2.07 bits per heavy atom. The molecular weight excluding hydrogens is 176 g/mol. The lowest BCUT2D eigenvalue weighted by atomic mass is 9.80. The molecule has 0 aromatic carbocycles. The van der Waals surface area contributed by atoms with Gasteiger partial charge in [0.25, 0.3) is 0 Å². The van der Waals surface area contributed by atoms with E-state index in [9.17, 15) is 0 Å². The highest BCUT2D eigenvalue weighted by Gasteiger charge is 2.34. The summed E-state index contributed by atoms with van der Waals surface area (Å²) in [6, 6.07) is 0. The highest BCUT2D eigenvalue weighted by molar-refractivity contribution is 5.05. The standard InChI is InChI=1S/C12H22O2/c1-11(2,3)10-12(14-13)8-6-4-5-7-9-12/h6,8,13H,4-5,7,9-10H2,1-3H3. The molecule has 0 fully saturated rings. The molecule has 14 heavy (non-hydrogen) atoms. The molecule has 1 aliphatic carbocycles. The van der Waals surface area contributed by atoms with Gasteiger partial charge in [-0.25, -0.2) is 4.89 Å². The van der Waals surface area contributed by atoms with Crippen molar-refractivity contribution in [2.45, 2.75) is 58.5 Å². The second-order valence-corrected chi connectivity index (χ2v) is 5.54. The minimum Gasteiger partial charge on any atom is -0.251 e. The maximum atomic E-state index is 9.08. The first-order valence-electron chi connectivity index (χ1n) is 5.48. The fourth-order valence-electron chi connectivity index (χ4n) is 2.22. The zero-order chi connectivity index (χ0) is 10.7. The van der Waals surface area contributed by atoms with Crippen molar-refractivity contribution in [3.63, 3.8) is 0 Å². The van der Waals surface area contributed by atoms with Gasteiger partial charge in [0, 0.05) is 0 Å². The fraction of sp³-hybridized carbons (Fsp3) is 0.833. The van der Waals surface area contributed by atoms with E-state index < -0.39 is 5.60 Å². The molecule has 0 aromatic rings. The zero-order valence-electron chi connectivity index (χ0n) is 9.55. The van der Waals surface area contributed by atoms with Crippen LogP contribution in [0.3, 0.4) is 0 Å². The summed E-state index contributed by atoms with van der Waals surface area (Å²) in [6.07, 6.45) is 9.41. The van der Waals surface area contributed by atoms with Gasteiger partial charge in [-0.2, -0.15) is 0 Å². The van der Waals surface area contributed by atoms with E-state index >= 15 is 0 Å². The van der Waals surface area contributed by atoms with Gasteiger partial charge >= 0.3 is 0 Å². The smallest absolute Gasteiger partial charge is 0.122 e. The molecule has 0 aliphatic heterocycles. The lowest BCUT2D eigenvalue weighted by Gasteiger charge is -2.33. The Balaban J connectivity index is 2.73. The molecule has 1 atom stereocenters. The molecule has 2 nitrogen and oxygen atoms in total. The summed E-state index contributed by atoms with van der Waals surface area (Å²) in [6.45, 7) is 6.52. The lowest BCUT2D eigenvalue weighted by Crippen LogP contribution is -2.33. The molecule has 0 heterocycles. The molecule has 0 saturated heterocycles. The average Bonchev–Trinajstić information content (AvgIpc) is 2.28. The molecule has 0 radical (unpaired) electrons. The SMILES string of the molecule is CC(C)(C)CC1(OO)C=CCCCC1. The van der Waals surface area contributed by atoms with Crippen LogP contribution in [-0.2, 0) is 4.89 Å². The molecule has 0 bridgehead atoms. The summed E-state index contributed by atoms with van der Waals surface area (Å²) in [4.78, 5) is 4.75. The second-order valence-electron chi connectivity index (χ2n) is 5.54. The van der Waals surface area contributed by atoms with Gasteiger partial charge in [-0.3, -0.25) is 5.26 Å². The summed E-state index contributed by atoms with van der Waals surface area (Å²) in [5.41, 5.74) is -0.258. The van der Waals surface area contributed by atoms with Crippen molar-refractivity contribution < 1.29 is 10.1 Å². The molecule has 1 unspecified atom stereocenters. The van der Waals surface area contributed by atoms with Crippen LogP contribution >= 0.6 is 0 Å². The predicted molar refractivity (Wildman–Crippen MR) is 58.1 cm³/mol. The monoisotopic (exact) mass is 198 g/mol. The van der Waals surface area contributed by atoms with Gasteiger partial charge in [0.15, 0.2) is 0 Å². The summed E-state index contributed by atoms with van der Waals surface area (Å²) in [5, 5.41) is 9.08. The molecule has 0 spiro atoms. The maximum Gasteiger partial charge on any atom is 0.122 e. The zero-order valence-corrected chi connectivity index (χ0v) is 9.55. The summed E-state index contributed by atoms with van der Waals surface area (Å²) < 4.78 is 0. The Bertz CT molecular complexity index is 203. The molecular formula is C12H22O2. The third kappa shape index (κ3) is 3.43. The van der Waals surface area contributed by atoms with E-state index in [0.29, 0.717) is 0 Å². The van der Waals surface area contributed by atoms with Crippen LogP contribution in [0.25, 0.3) is 0 Å². The van der Waals surface area contributed by atoms with E-state index in [-0.39, 0.29) is 5.41 Å². The molecule has 0 saturated carbocycles. The average molecular weight is 198 g/mol. The summed E-state index contributed by atoms with van der Waals surface area (Å²) in [5.74, 6) is 0. The Labute approximate surface area is 86.9 Å². The Morgan fingerprint density at radius 1 is 1.36 bits per heavy atom. The van der Waals surface area contributed by atoms with Crippen molar-refractivity contribution in [2.75, 3.05) is 0 Å². The molecule has 1 aliphatic rings. The largest absolute Gasteiger partial charge is 0.251 e. The minimum atomic E-state index is -0.436. The van der Waals surface area contributed by atoms with E-state index in [1.807, 2.05) is 6.08 Å². The Hall–Kier alpha value is -0.340. The topological polar surface area (TPSA) is 29.5 Å². The van der Waals surface area contributed by atoms with Crippen molar-refractivity contribution in [3.05, 3.63) is 12.2 Å². The van der Waals surface area contributed by atoms with Crippen molar-refractivity contribution in [3.8, 4) is 0 Å². The molecule has 82 valence electrons. The van der Waals surface area contributed by atoms with Crippen LogP contribution < -0.4 is 0 Å². The molecule has 0 amide bonds. The van der Waals surface area contributed by atoms with Crippen molar-refractivity contribution >= 4 is 0 Å². The maximum absolute atomic E-state index is 9.08. The Kier molecular flexibility index (Phi) is 3.73. The number of hydrogen-bond donors (Lipinski definition) is 1. The Morgan fingerprint density at radius 3 is 2.64 bits per heavy atom. The number of hydrogen-bond acceptors (Lipinski definition) is 2. The molecule has 1 rings (SSSR count). The third-order valence-electron chi connectivity index (χ3n) is 2.65. The van der Waals surface area contributed by atoms with E-state index in [0.717, 1.165) is 25.7 Å². The van der Waals surface area contributed by atoms with E-state index in [4.69, 9.17) is 10.1 Å². The highest BCUT2D eigenvalue weighted by Crippen LogP contribution is 2.36.